The minimum atomic E-state index is -1.01. The topological polar surface area (TPSA) is 250 Å². The number of hydrogen-bond acceptors (Lipinski definition) is 10. The normalized spacial score (nSPS) is 13.8. The predicted molar refractivity (Wildman–Crippen MR) is 302 cm³/mol. The van der Waals surface area contributed by atoms with E-state index in [2.05, 4.69) is 64.7 Å². The molecule has 0 aromatic carbocycles. The van der Waals surface area contributed by atoms with E-state index >= 15 is 0 Å². The number of nitrogens with two attached hydrogens (primary N) is 4. The maximum Gasteiger partial charge on any atom is 0.243 e. The summed E-state index contributed by atoms with van der Waals surface area (Å²) in [6.45, 7) is 6.86. The van der Waals surface area contributed by atoms with Gasteiger partial charge in [0.05, 0.1) is 12.1 Å². The first-order valence-electron chi connectivity index (χ1n) is 29.7. The lowest BCUT2D eigenvalue weighted by Gasteiger charge is -2.25. The predicted octanol–water partition coefficient (Wildman–Crippen LogP) is 9.50. The van der Waals surface area contributed by atoms with Gasteiger partial charge in [-0.2, -0.15) is 0 Å². The first-order valence-corrected chi connectivity index (χ1v) is 29.7. The third-order valence-corrected chi connectivity index (χ3v) is 13.6. The van der Waals surface area contributed by atoms with Gasteiger partial charge in [-0.1, -0.05) is 160 Å². The molecule has 0 aliphatic heterocycles. The molecule has 0 radical (unpaired) electrons. The summed E-state index contributed by atoms with van der Waals surface area (Å²) in [5, 5.41) is 14.9. The van der Waals surface area contributed by atoms with E-state index in [0.29, 0.717) is 64.8 Å². The molecular weight excluding hydrogens is 903 g/mol. The van der Waals surface area contributed by atoms with Crippen molar-refractivity contribution >= 4 is 29.9 Å². The van der Waals surface area contributed by atoms with Crippen molar-refractivity contribution in [2.75, 3.05) is 32.7 Å². The zero-order valence-electron chi connectivity index (χ0n) is 46.3. The zero-order valence-corrected chi connectivity index (χ0v) is 46.3. The Kier molecular flexibility index (Phi) is 50.4. The van der Waals surface area contributed by atoms with E-state index in [-0.39, 0.29) is 31.1 Å². The molecule has 0 spiro atoms. The van der Waals surface area contributed by atoms with Crippen molar-refractivity contribution < 1.29 is 24.0 Å². The summed E-state index contributed by atoms with van der Waals surface area (Å²) in [6.07, 6.45) is 47.8. The van der Waals surface area contributed by atoms with Gasteiger partial charge < -0.3 is 54.3 Å². The zero-order chi connectivity index (χ0) is 53.0. The number of carbonyl (C=O) groups is 5. The monoisotopic (exact) mass is 1020 g/mol. The van der Waals surface area contributed by atoms with Crippen LogP contribution in [0.25, 0.3) is 0 Å². The largest absolute Gasteiger partial charge is 0.356 e. The number of carbonyl (C=O) groups excluding carboxylic acids is 5. The van der Waals surface area contributed by atoms with Gasteiger partial charge in [-0.05, 0) is 129 Å². The van der Waals surface area contributed by atoms with Crippen LogP contribution in [0.4, 0.5) is 0 Å². The summed E-state index contributed by atoms with van der Waals surface area (Å²) in [4.78, 5) is 65.9. The lowest BCUT2D eigenvalue weighted by Crippen LogP contribution is -2.56. The van der Waals surface area contributed by atoms with Crippen molar-refractivity contribution in [2.45, 2.75) is 282 Å². The van der Waals surface area contributed by atoms with Crippen LogP contribution in [0.15, 0.2) is 24.3 Å². The van der Waals surface area contributed by atoms with Gasteiger partial charge in [0.2, 0.25) is 23.6 Å². The summed E-state index contributed by atoms with van der Waals surface area (Å²) in [5.74, 6) is -1.54. The second-order valence-corrected chi connectivity index (χ2v) is 20.4. The highest BCUT2D eigenvalue weighted by Gasteiger charge is 2.28. The number of nitrogens with one attached hydrogen (secondary N) is 5. The van der Waals surface area contributed by atoms with E-state index in [1.165, 1.54) is 122 Å². The van der Waals surface area contributed by atoms with Gasteiger partial charge >= 0.3 is 0 Å². The molecule has 0 aliphatic carbocycles. The fraction of sp³-hybridized carbons (Fsp3) is 0.845. The molecule has 0 aromatic rings. The maximum atomic E-state index is 14.0. The second kappa shape index (κ2) is 52.7. The van der Waals surface area contributed by atoms with Crippen LogP contribution in [-0.4, -0.2) is 92.8 Å². The van der Waals surface area contributed by atoms with E-state index in [9.17, 15) is 24.0 Å². The molecule has 0 aliphatic rings. The highest BCUT2D eigenvalue weighted by Crippen LogP contribution is 2.13. The van der Waals surface area contributed by atoms with Gasteiger partial charge in [0, 0.05) is 25.6 Å². The lowest BCUT2D eigenvalue weighted by molar-refractivity contribution is -0.133. The Morgan fingerprint density at radius 3 is 1.36 bits per heavy atom. The molecule has 5 atom stereocenters. The molecule has 5 unspecified atom stereocenters. The number of amides is 4. The van der Waals surface area contributed by atoms with E-state index in [1.54, 1.807) is 0 Å². The van der Waals surface area contributed by atoms with Gasteiger partial charge in [0.15, 0.2) is 0 Å². The number of allylic oxidation sites excluding steroid dienone is 4. The van der Waals surface area contributed by atoms with Crippen molar-refractivity contribution in [3.63, 3.8) is 0 Å². The van der Waals surface area contributed by atoms with Crippen molar-refractivity contribution in [2.24, 2.45) is 22.9 Å². The number of aldehydes is 1. The Hall–Kier alpha value is -3.17. The highest BCUT2D eigenvalue weighted by atomic mass is 16.2. The van der Waals surface area contributed by atoms with Gasteiger partial charge in [0.1, 0.15) is 18.4 Å². The first kappa shape index (κ1) is 68.8. The van der Waals surface area contributed by atoms with Crippen LogP contribution in [0.3, 0.4) is 0 Å². The van der Waals surface area contributed by atoms with Gasteiger partial charge in [0.25, 0.3) is 0 Å². The molecule has 14 nitrogen and oxygen atoms in total. The Labute approximate surface area is 440 Å². The van der Waals surface area contributed by atoms with Crippen LogP contribution < -0.4 is 49.5 Å². The fourth-order valence-corrected chi connectivity index (χ4v) is 8.81. The Morgan fingerprint density at radius 2 is 0.875 bits per heavy atom. The van der Waals surface area contributed by atoms with Crippen LogP contribution in [0.5, 0.6) is 0 Å². The number of rotatable bonds is 54. The molecule has 13 N–H and O–H groups in total. The quantitative estimate of drug-likeness (QED) is 0.0159. The van der Waals surface area contributed by atoms with Gasteiger partial charge in [-0.15, -0.1) is 0 Å². The van der Waals surface area contributed by atoms with Gasteiger partial charge in [-0.25, -0.2) is 0 Å². The minimum absolute atomic E-state index is 0.0590. The summed E-state index contributed by atoms with van der Waals surface area (Å²) >= 11 is 0. The van der Waals surface area contributed by atoms with Crippen LogP contribution >= 0.6 is 0 Å². The molecule has 0 fully saturated rings. The first-order chi connectivity index (χ1) is 35.1. The molecule has 4 amide bonds. The fourth-order valence-electron chi connectivity index (χ4n) is 8.81. The van der Waals surface area contributed by atoms with Crippen molar-refractivity contribution in [3.8, 4) is 0 Å². The summed E-state index contributed by atoms with van der Waals surface area (Å²) in [6, 6.07) is -3.82. The maximum absolute atomic E-state index is 14.0. The third-order valence-electron chi connectivity index (χ3n) is 13.6. The van der Waals surface area contributed by atoms with Crippen LogP contribution in [-0.2, 0) is 24.0 Å². The van der Waals surface area contributed by atoms with Crippen LogP contribution in [0.2, 0.25) is 0 Å². The molecule has 0 rings (SSSR count). The van der Waals surface area contributed by atoms with E-state index < -0.39 is 42.0 Å². The molecule has 420 valence electrons. The Bertz CT molecular complexity index is 1350. The van der Waals surface area contributed by atoms with E-state index in [4.69, 9.17) is 22.9 Å². The van der Waals surface area contributed by atoms with Crippen molar-refractivity contribution in [3.05, 3.63) is 24.3 Å². The molecule has 0 aromatic heterocycles. The number of hydrogen-bond donors (Lipinski definition) is 9. The molecule has 14 heteroatoms. The lowest BCUT2D eigenvalue weighted by atomic mass is 10.0. The number of unbranched alkanes of at least 4 members (excludes halogenated alkanes) is 25. The minimum Gasteiger partial charge on any atom is -0.356 e. The highest BCUT2D eigenvalue weighted by molar-refractivity contribution is 5.93. The van der Waals surface area contributed by atoms with Crippen LogP contribution in [0.1, 0.15) is 251 Å². The standard InChI is InChI=1S/C58H113N9O5/c1-3-5-7-9-11-13-15-17-19-21-23-25-27-29-31-35-46-64-55(69)43-42-53(57(71)65-47-36-32-30-28-26-24-22-20-18-16-14-12-10-8-6-4-2)67-58(72)52(66-56(70)51(62)39-33-34-44-59)41-38-48-63-54(49-68)50(61)40-37-45-60/h17-20,49-54,63H,3-16,21-48,59-62H2,1-2H3,(H,64,69)(H,65,71)(H,66,70)(H,67,72)/b19-17-,20-18-. The molecular formula is C58H113N9O5. The van der Waals surface area contributed by atoms with E-state index in [1.807, 2.05) is 0 Å². The summed E-state index contributed by atoms with van der Waals surface area (Å²) in [7, 11) is 0. The molecule has 72 heavy (non-hydrogen) atoms. The molecule has 0 heterocycles. The third kappa shape index (κ3) is 43.3. The van der Waals surface area contributed by atoms with Crippen LogP contribution in [0, 0.1) is 0 Å². The Morgan fingerprint density at radius 1 is 0.431 bits per heavy atom. The summed E-state index contributed by atoms with van der Waals surface area (Å²) in [5.41, 5.74) is 23.7. The average Bonchev–Trinajstić information content (AvgIpc) is 3.37. The van der Waals surface area contributed by atoms with Crippen molar-refractivity contribution in [1.82, 2.24) is 26.6 Å². The Balaban J connectivity index is 5.28. The molecule has 0 saturated heterocycles. The summed E-state index contributed by atoms with van der Waals surface area (Å²) < 4.78 is 0. The smallest absolute Gasteiger partial charge is 0.243 e. The second-order valence-electron chi connectivity index (χ2n) is 20.4. The SMILES string of the molecule is CCCCCCCC/C=C\CCCCCCCCNC(=O)CCC(NC(=O)C(CCCNC(C=O)C(N)CCCN)NC(=O)C(N)CCCCN)C(=O)NCCCCCCCC/C=C\CCCCCCCC. The molecule has 0 saturated carbocycles. The van der Waals surface area contributed by atoms with Crippen molar-refractivity contribution in [1.29, 1.82) is 0 Å². The molecule has 0 bridgehead atoms. The van der Waals surface area contributed by atoms with Gasteiger partial charge in [-0.3, -0.25) is 19.2 Å². The average molecular weight is 1020 g/mol. The van der Waals surface area contributed by atoms with E-state index in [0.717, 1.165) is 70.5 Å².